The Kier molecular flexibility index (Phi) is 3.39. The van der Waals surface area contributed by atoms with E-state index in [2.05, 4.69) is 10.1 Å². The zero-order valence-electron chi connectivity index (χ0n) is 8.76. The van der Waals surface area contributed by atoms with Crippen LogP contribution in [0, 0.1) is 0 Å². The summed E-state index contributed by atoms with van der Waals surface area (Å²) in [5, 5.41) is 12.9. The smallest absolute Gasteiger partial charge is 0.303 e. The number of nitrogens with zero attached hydrogens (tertiary/aromatic N) is 2. The van der Waals surface area contributed by atoms with Crippen LogP contribution >= 0.6 is 11.6 Å². The SMILES string of the molecule is O=C(O)CCc1nc(-c2cccc(Cl)c2)no1. The van der Waals surface area contributed by atoms with Crippen molar-refractivity contribution in [2.24, 2.45) is 0 Å². The first-order chi connectivity index (χ1) is 8.15. The Morgan fingerprint density at radius 1 is 1.47 bits per heavy atom. The van der Waals surface area contributed by atoms with Gasteiger partial charge in [0, 0.05) is 17.0 Å². The molecule has 1 N–H and O–H groups in total. The largest absolute Gasteiger partial charge is 0.481 e. The molecule has 0 fully saturated rings. The summed E-state index contributed by atoms with van der Waals surface area (Å²) in [5.41, 5.74) is 0.739. The number of aryl methyl sites for hydroxylation is 1. The van der Waals surface area contributed by atoms with Crippen molar-refractivity contribution in [2.75, 3.05) is 0 Å². The highest BCUT2D eigenvalue weighted by Gasteiger charge is 2.10. The first kappa shape index (κ1) is 11.6. The zero-order valence-corrected chi connectivity index (χ0v) is 9.52. The molecule has 0 aliphatic rings. The third-order valence-electron chi connectivity index (χ3n) is 2.10. The van der Waals surface area contributed by atoms with Crippen molar-refractivity contribution in [1.82, 2.24) is 10.1 Å². The summed E-state index contributed by atoms with van der Waals surface area (Å²) < 4.78 is 4.94. The van der Waals surface area contributed by atoms with Gasteiger partial charge in [0.25, 0.3) is 0 Å². The first-order valence-corrected chi connectivity index (χ1v) is 5.33. The Bertz CT molecular complexity index is 539. The van der Waals surface area contributed by atoms with Crippen LogP contribution in [-0.4, -0.2) is 21.2 Å². The van der Waals surface area contributed by atoms with Gasteiger partial charge in [0.2, 0.25) is 11.7 Å². The fourth-order valence-corrected chi connectivity index (χ4v) is 1.51. The fraction of sp³-hybridized carbons (Fsp3) is 0.182. The molecule has 0 atom stereocenters. The number of hydrogen-bond acceptors (Lipinski definition) is 4. The Morgan fingerprint density at radius 2 is 2.29 bits per heavy atom. The second kappa shape index (κ2) is 4.97. The molecule has 0 saturated carbocycles. The van der Waals surface area contributed by atoms with Crippen molar-refractivity contribution >= 4 is 17.6 Å². The third kappa shape index (κ3) is 3.04. The van der Waals surface area contributed by atoms with Gasteiger partial charge in [0.15, 0.2) is 0 Å². The quantitative estimate of drug-likeness (QED) is 0.904. The van der Waals surface area contributed by atoms with Gasteiger partial charge in [-0.2, -0.15) is 4.98 Å². The van der Waals surface area contributed by atoms with E-state index < -0.39 is 5.97 Å². The summed E-state index contributed by atoms with van der Waals surface area (Å²) >= 11 is 5.84. The van der Waals surface area contributed by atoms with E-state index in [-0.39, 0.29) is 12.8 Å². The minimum atomic E-state index is -0.896. The highest BCUT2D eigenvalue weighted by atomic mass is 35.5. The van der Waals surface area contributed by atoms with Crippen LogP contribution < -0.4 is 0 Å². The van der Waals surface area contributed by atoms with E-state index in [1.54, 1.807) is 24.3 Å². The van der Waals surface area contributed by atoms with Crippen molar-refractivity contribution in [3.8, 4) is 11.4 Å². The number of carboxylic acids is 1. The number of benzene rings is 1. The molecule has 2 aromatic rings. The number of carbonyl (C=O) groups is 1. The van der Waals surface area contributed by atoms with Gasteiger partial charge in [-0.3, -0.25) is 4.79 Å². The van der Waals surface area contributed by atoms with Crippen LogP contribution in [0.2, 0.25) is 5.02 Å². The molecule has 6 heteroatoms. The van der Waals surface area contributed by atoms with Crippen LogP contribution in [0.3, 0.4) is 0 Å². The lowest BCUT2D eigenvalue weighted by molar-refractivity contribution is -0.137. The van der Waals surface area contributed by atoms with Gasteiger partial charge in [-0.1, -0.05) is 28.9 Å². The monoisotopic (exact) mass is 252 g/mol. The molecule has 1 aromatic heterocycles. The number of halogens is 1. The predicted molar refractivity (Wildman–Crippen MR) is 60.7 cm³/mol. The summed E-state index contributed by atoms with van der Waals surface area (Å²) in [6.45, 7) is 0. The fourth-order valence-electron chi connectivity index (χ4n) is 1.32. The van der Waals surface area contributed by atoms with Crippen molar-refractivity contribution in [3.63, 3.8) is 0 Å². The van der Waals surface area contributed by atoms with E-state index in [9.17, 15) is 4.79 Å². The molecule has 0 saturated heterocycles. The molecule has 0 bridgehead atoms. The van der Waals surface area contributed by atoms with Crippen LogP contribution in [0.25, 0.3) is 11.4 Å². The number of hydrogen-bond donors (Lipinski definition) is 1. The molecule has 5 nitrogen and oxygen atoms in total. The molecule has 0 amide bonds. The Morgan fingerprint density at radius 3 is 3.00 bits per heavy atom. The maximum absolute atomic E-state index is 10.4. The summed E-state index contributed by atoms with van der Waals surface area (Å²) in [6, 6.07) is 7.05. The minimum Gasteiger partial charge on any atom is -0.481 e. The summed E-state index contributed by atoms with van der Waals surface area (Å²) in [7, 11) is 0. The van der Waals surface area contributed by atoms with Crippen LogP contribution in [0.4, 0.5) is 0 Å². The third-order valence-corrected chi connectivity index (χ3v) is 2.34. The molecule has 2 rings (SSSR count). The van der Waals surface area contributed by atoms with Gasteiger partial charge in [0.05, 0.1) is 6.42 Å². The second-order valence-electron chi connectivity index (χ2n) is 3.42. The van der Waals surface area contributed by atoms with E-state index in [1.165, 1.54) is 0 Å². The van der Waals surface area contributed by atoms with Gasteiger partial charge in [-0.25, -0.2) is 0 Å². The lowest BCUT2D eigenvalue weighted by Crippen LogP contribution is -1.97. The van der Waals surface area contributed by atoms with Crippen molar-refractivity contribution in [2.45, 2.75) is 12.8 Å². The Balaban J connectivity index is 2.15. The highest BCUT2D eigenvalue weighted by molar-refractivity contribution is 6.30. The average molecular weight is 253 g/mol. The normalized spacial score (nSPS) is 10.4. The summed E-state index contributed by atoms with van der Waals surface area (Å²) in [6.07, 6.45) is 0.195. The van der Waals surface area contributed by atoms with E-state index in [0.29, 0.717) is 16.7 Å². The van der Waals surface area contributed by atoms with Gasteiger partial charge in [-0.15, -0.1) is 0 Å². The standard InChI is InChI=1S/C11H9ClN2O3/c12-8-3-1-2-7(6-8)11-13-9(17-14-11)4-5-10(15)16/h1-3,6H,4-5H2,(H,15,16). The maximum Gasteiger partial charge on any atom is 0.303 e. The minimum absolute atomic E-state index is 0.0306. The van der Waals surface area contributed by atoms with Crippen molar-refractivity contribution < 1.29 is 14.4 Å². The second-order valence-corrected chi connectivity index (χ2v) is 3.85. The van der Waals surface area contributed by atoms with Gasteiger partial charge >= 0.3 is 5.97 Å². The molecule has 0 unspecified atom stereocenters. The van der Waals surface area contributed by atoms with E-state index in [4.69, 9.17) is 21.2 Å². The van der Waals surface area contributed by atoms with Gasteiger partial charge < -0.3 is 9.63 Å². The van der Waals surface area contributed by atoms with Crippen molar-refractivity contribution in [1.29, 1.82) is 0 Å². The van der Waals surface area contributed by atoms with E-state index in [0.717, 1.165) is 5.56 Å². The number of rotatable bonds is 4. The van der Waals surface area contributed by atoms with Crippen LogP contribution in [0.5, 0.6) is 0 Å². The molecular formula is C11H9ClN2O3. The molecule has 0 aliphatic carbocycles. The van der Waals surface area contributed by atoms with Crippen LogP contribution in [0.15, 0.2) is 28.8 Å². The van der Waals surface area contributed by atoms with Gasteiger partial charge in [0.1, 0.15) is 0 Å². The average Bonchev–Trinajstić information content (AvgIpc) is 2.75. The summed E-state index contributed by atoms with van der Waals surface area (Å²) in [5.74, 6) is -0.178. The van der Waals surface area contributed by atoms with E-state index >= 15 is 0 Å². The first-order valence-electron chi connectivity index (χ1n) is 4.95. The molecule has 17 heavy (non-hydrogen) atoms. The Labute approximate surface area is 102 Å². The predicted octanol–water partition coefficient (Wildman–Crippen LogP) is 2.41. The lowest BCUT2D eigenvalue weighted by Gasteiger charge is -1.93. The van der Waals surface area contributed by atoms with Crippen molar-refractivity contribution in [3.05, 3.63) is 35.2 Å². The molecule has 1 heterocycles. The Hall–Kier alpha value is -1.88. The molecule has 0 aliphatic heterocycles. The van der Waals surface area contributed by atoms with Crippen LogP contribution in [0.1, 0.15) is 12.3 Å². The summed E-state index contributed by atoms with van der Waals surface area (Å²) in [4.78, 5) is 14.5. The number of aliphatic carboxylic acids is 1. The number of carboxylic acid groups (broad SMARTS) is 1. The maximum atomic E-state index is 10.4. The van der Waals surface area contributed by atoms with Crippen LogP contribution in [-0.2, 0) is 11.2 Å². The molecule has 0 spiro atoms. The number of aromatic nitrogens is 2. The molecule has 0 radical (unpaired) electrons. The topological polar surface area (TPSA) is 76.2 Å². The molecule has 1 aromatic carbocycles. The van der Waals surface area contributed by atoms with E-state index in [1.807, 2.05) is 0 Å². The van der Waals surface area contributed by atoms with Gasteiger partial charge in [-0.05, 0) is 12.1 Å². The molecular weight excluding hydrogens is 244 g/mol. The molecule has 88 valence electrons. The highest BCUT2D eigenvalue weighted by Crippen LogP contribution is 2.20. The lowest BCUT2D eigenvalue weighted by atomic mass is 10.2. The zero-order chi connectivity index (χ0) is 12.3.